The lowest BCUT2D eigenvalue weighted by Gasteiger charge is -2.31. The minimum Gasteiger partial charge on any atom is -0.299 e. The summed E-state index contributed by atoms with van der Waals surface area (Å²) in [6, 6.07) is 5.77. The molecule has 0 amide bonds. The fourth-order valence-electron chi connectivity index (χ4n) is 2.32. The first kappa shape index (κ1) is 12.2. The van der Waals surface area contributed by atoms with E-state index in [1.54, 1.807) is 0 Å². The highest BCUT2D eigenvalue weighted by Crippen LogP contribution is 2.24. The molecule has 1 nitrogen and oxygen atoms in total. The molecule has 16 heavy (non-hydrogen) atoms. The Hall–Kier alpha value is -0.240. The number of rotatable bonds is 2. The summed E-state index contributed by atoms with van der Waals surface area (Å²) in [4.78, 5) is 2.48. The van der Waals surface area contributed by atoms with Gasteiger partial charge in [-0.1, -0.05) is 36.2 Å². The number of hydrogen-bond donors (Lipinski definition) is 0. The number of hydrogen-bond acceptors (Lipinski definition) is 1. The van der Waals surface area contributed by atoms with Gasteiger partial charge in [0.1, 0.15) is 0 Å². The second-order valence-corrected chi connectivity index (χ2v) is 5.56. The zero-order chi connectivity index (χ0) is 11.5. The summed E-state index contributed by atoms with van der Waals surface area (Å²) in [6.45, 7) is 5.62. The zero-order valence-corrected chi connectivity index (χ0v) is 11.1. The van der Waals surface area contributed by atoms with Crippen LogP contribution in [-0.2, 0) is 6.54 Å². The minimum absolute atomic E-state index is 0.709. The maximum Gasteiger partial charge on any atom is 0.0465 e. The van der Waals surface area contributed by atoms with E-state index in [-0.39, 0.29) is 0 Å². The molecule has 1 aromatic rings. The number of likely N-dealkylation sites (tertiary alicyclic amines) is 1. The highest BCUT2D eigenvalue weighted by molar-refractivity contribution is 6.35. The van der Waals surface area contributed by atoms with E-state index < -0.39 is 0 Å². The van der Waals surface area contributed by atoms with Gasteiger partial charge in [-0.3, -0.25) is 4.90 Å². The van der Waals surface area contributed by atoms with Gasteiger partial charge in [0, 0.05) is 23.1 Å². The number of halogens is 2. The highest BCUT2D eigenvalue weighted by Gasteiger charge is 2.17. The Bertz CT molecular complexity index is 365. The van der Waals surface area contributed by atoms with Crippen molar-refractivity contribution in [1.82, 2.24) is 4.90 Å². The lowest BCUT2D eigenvalue weighted by molar-refractivity contribution is 0.176. The Kier molecular flexibility index (Phi) is 4.12. The molecule has 2 rings (SSSR count). The average molecular weight is 258 g/mol. The van der Waals surface area contributed by atoms with Gasteiger partial charge >= 0.3 is 0 Å². The molecule has 0 unspecified atom stereocenters. The van der Waals surface area contributed by atoms with Crippen LogP contribution in [0.15, 0.2) is 18.2 Å². The van der Waals surface area contributed by atoms with Crippen molar-refractivity contribution in [2.45, 2.75) is 26.3 Å². The fourth-order valence-corrected chi connectivity index (χ4v) is 2.79. The molecule has 1 aliphatic heterocycles. The molecular formula is C13H17Cl2N. The third-order valence-corrected chi connectivity index (χ3v) is 3.74. The molecule has 88 valence electrons. The molecule has 0 spiro atoms. The van der Waals surface area contributed by atoms with Gasteiger partial charge in [0.15, 0.2) is 0 Å². The highest BCUT2D eigenvalue weighted by atomic mass is 35.5. The summed E-state index contributed by atoms with van der Waals surface area (Å²) in [5, 5.41) is 1.49. The summed E-state index contributed by atoms with van der Waals surface area (Å²) < 4.78 is 0. The lowest BCUT2D eigenvalue weighted by Crippen LogP contribution is -2.33. The second-order valence-electron chi connectivity index (χ2n) is 4.72. The summed E-state index contributed by atoms with van der Waals surface area (Å²) in [5.41, 5.74) is 1.18. The Morgan fingerprint density at radius 2 is 2.19 bits per heavy atom. The molecule has 0 aromatic heterocycles. The molecule has 3 heteroatoms. The van der Waals surface area contributed by atoms with Gasteiger partial charge in [-0.05, 0) is 43.0 Å². The Morgan fingerprint density at radius 3 is 2.88 bits per heavy atom. The second kappa shape index (κ2) is 5.39. The summed E-state index contributed by atoms with van der Waals surface area (Å²) in [6.07, 6.45) is 2.65. The lowest BCUT2D eigenvalue weighted by atomic mass is 10.00. The molecule has 1 aromatic carbocycles. The number of nitrogens with zero attached hydrogens (tertiary/aromatic N) is 1. The fraction of sp³-hybridized carbons (Fsp3) is 0.538. The average Bonchev–Trinajstić information content (AvgIpc) is 2.22. The van der Waals surface area contributed by atoms with E-state index in [1.165, 1.54) is 31.5 Å². The van der Waals surface area contributed by atoms with Gasteiger partial charge in [-0.2, -0.15) is 0 Å². The van der Waals surface area contributed by atoms with Gasteiger partial charge in [-0.15, -0.1) is 0 Å². The van der Waals surface area contributed by atoms with Crippen molar-refractivity contribution < 1.29 is 0 Å². The van der Waals surface area contributed by atoms with Crippen molar-refractivity contribution in [1.29, 1.82) is 0 Å². The maximum absolute atomic E-state index is 6.17. The van der Waals surface area contributed by atoms with Gasteiger partial charge in [0.25, 0.3) is 0 Å². The van der Waals surface area contributed by atoms with Gasteiger partial charge in [0.2, 0.25) is 0 Å². The Labute approximate surface area is 107 Å². The SMILES string of the molecule is C[C@@H]1CCCN(Cc2ccc(Cl)cc2Cl)C1. The molecule has 0 aliphatic carbocycles. The van der Waals surface area contributed by atoms with E-state index in [2.05, 4.69) is 11.8 Å². The topological polar surface area (TPSA) is 3.24 Å². The molecule has 0 radical (unpaired) electrons. The van der Waals surface area contributed by atoms with Crippen LogP contribution in [0.1, 0.15) is 25.3 Å². The van der Waals surface area contributed by atoms with Crippen molar-refractivity contribution in [2.75, 3.05) is 13.1 Å². The van der Waals surface area contributed by atoms with Crippen molar-refractivity contribution in [3.8, 4) is 0 Å². The summed E-state index contributed by atoms with van der Waals surface area (Å²) >= 11 is 12.1. The van der Waals surface area contributed by atoms with Crippen LogP contribution in [0.5, 0.6) is 0 Å². The van der Waals surface area contributed by atoms with Gasteiger partial charge in [-0.25, -0.2) is 0 Å². The number of piperidine rings is 1. The van der Waals surface area contributed by atoms with E-state index in [0.717, 1.165) is 17.5 Å². The molecule has 1 aliphatic rings. The van der Waals surface area contributed by atoms with Crippen molar-refractivity contribution in [3.05, 3.63) is 33.8 Å². The molecule has 0 N–H and O–H groups in total. The first-order chi connectivity index (χ1) is 7.65. The molecule has 0 saturated carbocycles. The van der Waals surface area contributed by atoms with E-state index in [4.69, 9.17) is 23.2 Å². The van der Waals surface area contributed by atoms with Crippen LogP contribution in [0.4, 0.5) is 0 Å². The molecule has 1 atom stereocenters. The first-order valence-corrected chi connectivity index (χ1v) is 6.57. The summed E-state index contributed by atoms with van der Waals surface area (Å²) in [7, 11) is 0. The smallest absolute Gasteiger partial charge is 0.0465 e. The molecule has 1 saturated heterocycles. The Morgan fingerprint density at radius 1 is 1.38 bits per heavy atom. The number of benzene rings is 1. The predicted octanol–water partition coefficient (Wildman–Crippen LogP) is 4.23. The summed E-state index contributed by atoms with van der Waals surface area (Å²) in [5.74, 6) is 0.805. The van der Waals surface area contributed by atoms with Crippen molar-refractivity contribution in [3.63, 3.8) is 0 Å². The van der Waals surface area contributed by atoms with Crippen molar-refractivity contribution >= 4 is 23.2 Å². The monoisotopic (exact) mass is 257 g/mol. The predicted molar refractivity (Wildman–Crippen MR) is 70.1 cm³/mol. The van der Waals surface area contributed by atoms with E-state index in [1.807, 2.05) is 18.2 Å². The quantitative estimate of drug-likeness (QED) is 0.767. The molecule has 1 heterocycles. The molecular weight excluding hydrogens is 241 g/mol. The Balaban J connectivity index is 2.02. The third kappa shape index (κ3) is 3.13. The standard InChI is InChI=1S/C13H17Cl2N/c1-10-3-2-6-16(8-10)9-11-4-5-12(14)7-13(11)15/h4-5,7,10H,2-3,6,8-9H2,1H3/t10-/m1/s1. The molecule has 0 bridgehead atoms. The van der Waals surface area contributed by atoms with Crippen molar-refractivity contribution in [2.24, 2.45) is 5.92 Å². The minimum atomic E-state index is 0.709. The zero-order valence-electron chi connectivity index (χ0n) is 9.55. The van der Waals surface area contributed by atoms with Crippen LogP contribution in [0.2, 0.25) is 10.0 Å². The van der Waals surface area contributed by atoms with E-state index in [9.17, 15) is 0 Å². The van der Waals surface area contributed by atoms with Gasteiger partial charge < -0.3 is 0 Å². The van der Waals surface area contributed by atoms with Crippen LogP contribution >= 0.6 is 23.2 Å². The van der Waals surface area contributed by atoms with Gasteiger partial charge in [0.05, 0.1) is 0 Å². The largest absolute Gasteiger partial charge is 0.299 e. The van der Waals surface area contributed by atoms with Crippen LogP contribution < -0.4 is 0 Å². The van der Waals surface area contributed by atoms with Crippen LogP contribution in [-0.4, -0.2) is 18.0 Å². The normalized spacial score (nSPS) is 22.3. The van der Waals surface area contributed by atoms with Crippen LogP contribution in [0.25, 0.3) is 0 Å². The molecule has 1 fully saturated rings. The third-order valence-electron chi connectivity index (χ3n) is 3.15. The first-order valence-electron chi connectivity index (χ1n) is 5.81. The maximum atomic E-state index is 6.17. The van der Waals surface area contributed by atoms with Crippen LogP contribution in [0.3, 0.4) is 0 Å². The van der Waals surface area contributed by atoms with E-state index >= 15 is 0 Å². The van der Waals surface area contributed by atoms with E-state index in [0.29, 0.717) is 5.02 Å². The van der Waals surface area contributed by atoms with Crippen LogP contribution in [0, 0.1) is 5.92 Å².